The highest BCUT2D eigenvalue weighted by Crippen LogP contribution is 2.10. The molecule has 0 saturated heterocycles. The Bertz CT molecular complexity index is 260. The van der Waals surface area contributed by atoms with Crippen molar-refractivity contribution in [1.82, 2.24) is 0 Å². The Morgan fingerprint density at radius 2 is 2.18 bits per heavy atom. The van der Waals surface area contributed by atoms with Crippen molar-refractivity contribution in [3.8, 4) is 6.07 Å². The summed E-state index contributed by atoms with van der Waals surface area (Å²) in [5.41, 5.74) is 0. The summed E-state index contributed by atoms with van der Waals surface area (Å²) in [6.07, 6.45) is 5.86. The standard InChI is InChI=1S/C8H9N2S/c1-11-8-2-5-10(6-3-8)7-4-9/h2-3,5-6H,7H2,1H3/q+1. The second kappa shape index (κ2) is 3.99. The number of thioether (sulfide) groups is 1. The highest BCUT2D eigenvalue weighted by Gasteiger charge is 1.96. The molecule has 0 amide bonds. The molecule has 0 aliphatic carbocycles. The Morgan fingerprint density at radius 3 is 2.64 bits per heavy atom. The van der Waals surface area contributed by atoms with E-state index in [0.29, 0.717) is 6.54 Å². The summed E-state index contributed by atoms with van der Waals surface area (Å²) in [5, 5.41) is 8.37. The first-order valence-electron chi connectivity index (χ1n) is 3.27. The van der Waals surface area contributed by atoms with E-state index in [2.05, 4.69) is 6.07 Å². The molecule has 0 fully saturated rings. The van der Waals surface area contributed by atoms with Gasteiger partial charge in [0.1, 0.15) is 6.07 Å². The van der Waals surface area contributed by atoms with Gasteiger partial charge >= 0.3 is 0 Å². The van der Waals surface area contributed by atoms with Crippen molar-refractivity contribution in [2.45, 2.75) is 11.4 Å². The Hall–Kier alpha value is -1.01. The fraction of sp³-hybridized carbons (Fsp3) is 0.250. The third-order valence-corrected chi connectivity index (χ3v) is 2.09. The van der Waals surface area contributed by atoms with Gasteiger partial charge in [-0.2, -0.15) is 9.83 Å². The molecule has 0 bridgehead atoms. The van der Waals surface area contributed by atoms with E-state index in [1.54, 1.807) is 11.8 Å². The second-order valence-electron chi connectivity index (χ2n) is 2.07. The van der Waals surface area contributed by atoms with Crippen molar-refractivity contribution in [1.29, 1.82) is 5.26 Å². The van der Waals surface area contributed by atoms with Crippen LogP contribution in [0.25, 0.3) is 0 Å². The summed E-state index contributed by atoms with van der Waals surface area (Å²) in [6.45, 7) is 0.425. The molecule has 2 nitrogen and oxygen atoms in total. The van der Waals surface area contributed by atoms with Crippen LogP contribution in [-0.2, 0) is 6.54 Å². The first-order chi connectivity index (χ1) is 5.36. The lowest BCUT2D eigenvalue weighted by Gasteiger charge is -1.91. The Labute approximate surface area is 70.5 Å². The molecule has 0 unspecified atom stereocenters. The van der Waals surface area contributed by atoms with Crippen LogP contribution in [0.15, 0.2) is 29.4 Å². The lowest BCUT2D eigenvalue weighted by molar-refractivity contribution is -0.685. The normalized spacial score (nSPS) is 9.09. The molecule has 0 spiro atoms. The fourth-order valence-corrected chi connectivity index (χ4v) is 1.16. The molecule has 1 heterocycles. The molecule has 0 saturated carbocycles. The summed E-state index contributed by atoms with van der Waals surface area (Å²) < 4.78 is 1.85. The molecule has 0 aliphatic rings. The maximum absolute atomic E-state index is 8.37. The number of nitrogens with zero attached hydrogens (tertiary/aromatic N) is 2. The van der Waals surface area contributed by atoms with Crippen LogP contribution in [0.4, 0.5) is 0 Å². The first kappa shape index (κ1) is 8.09. The van der Waals surface area contributed by atoms with E-state index in [-0.39, 0.29) is 0 Å². The quantitative estimate of drug-likeness (QED) is 0.487. The Kier molecular flexibility index (Phi) is 2.94. The summed E-state index contributed by atoms with van der Waals surface area (Å²) in [4.78, 5) is 1.22. The average Bonchev–Trinajstić information content (AvgIpc) is 2.07. The number of hydrogen-bond donors (Lipinski definition) is 0. The largest absolute Gasteiger partial charge is 0.233 e. The van der Waals surface area contributed by atoms with Gasteiger partial charge in [0, 0.05) is 17.0 Å². The second-order valence-corrected chi connectivity index (χ2v) is 2.95. The van der Waals surface area contributed by atoms with Gasteiger partial charge in [-0.1, -0.05) is 0 Å². The van der Waals surface area contributed by atoms with Crippen LogP contribution in [0.1, 0.15) is 0 Å². The highest BCUT2D eigenvalue weighted by atomic mass is 32.2. The third-order valence-electron chi connectivity index (χ3n) is 1.35. The molecule has 0 aromatic carbocycles. The van der Waals surface area contributed by atoms with Gasteiger partial charge in [-0.15, -0.1) is 11.8 Å². The minimum Gasteiger partial charge on any atom is -0.191 e. The number of rotatable bonds is 2. The van der Waals surface area contributed by atoms with Crippen molar-refractivity contribution >= 4 is 11.8 Å². The SMILES string of the molecule is CSc1cc[n+](CC#N)cc1. The summed E-state index contributed by atoms with van der Waals surface area (Å²) in [5.74, 6) is 0. The monoisotopic (exact) mass is 165 g/mol. The Morgan fingerprint density at radius 1 is 1.55 bits per heavy atom. The minimum absolute atomic E-state index is 0.425. The van der Waals surface area contributed by atoms with Gasteiger partial charge in [-0.25, -0.2) is 0 Å². The van der Waals surface area contributed by atoms with E-state index in [1.165, 1.54) is 4.90 Å². The molecule has 0 radical (unpaired) electrons. The zero-order valence-electron chi connectivity index (χ0n) is 6.32. The molecular weight excluding hydrogens is 156 g/mol. The fourth-order valence-electron chi connectivity index (χ4n) is 0.767. The van der Waals surface area contributed by atoms with Crippen molar-refractivity contribution in [2.24, 2.45) is 0 Å². The Balaban J connectivity index is 2.76. The number of nitriles is 1. The van der Waals surface area contributed by atoms with Crippen LogP contribution in [0.5, 0.6) is 0 Å². The molecule has 56 valence electrons. The zero-order chi connectivity index (χ0) is 8.10. The minimum atomic E-state index is 0.425. The predicted octanol–water partition coefficient (Wildman–Crippen LogP) is 1.22. The van der Waals surface area contributed by atoms with E-state index in [4.69, 9.17) is 5.26 Å². The lowest BCUT2D eigenvalue weighted by Crippen LogP contribution is -2.31. The van der Waals surface area contributed by atoms with E-state index >= 15 is 0 Å². The summed E-state index contributed by atoms with van der Waals surface area (Å²) in [6, 6.07) is 6.08. The molecular formula is C8H9N2S+. The highest BCUT2D eigenvalue weighted by molar-refractivity contribution is 7.98. The smallest absolute Gasteiger partial charge is 0.191 e. The average molecular weight is 165 g/mol. The van der Waals surface area contributed by atoms with E-state index in [0.717, 1.165) is 0 Å². The molecule has 1 aromatic heterocycles. The van der Waals surface area contributed by atoms with Crippen LogP contribution in [-0.4, -0.2) is 6.26 Å². The lowest BCUT2D eigenvalue weighted by atomic mass is 10.5. The van der Waals surface area contributed by atoms with Crippen molar-refractivity contribution in [3.63, 3.8) is 0 Å². The van der Waals surface area contributed by atoms with Crippen molar-refractivity contribution in [3.05, 3.63) is 24.5 Å². The number of hydrogen-bond acceptors (Lipinski definition) is 2. The van der Waals surface area contributed by atoms with Crippen molar-refractivity contribution < 1.29 is 4.57 Å². The summed E-state index contributed by atoms with van der Waals surface area (Å²) >= 11 is 1.70. The maximum atomic E-state index is 8.37. The predicted molar refractivity (Wildman–Crippen MR) is 44.0 cm³/mol. The van der Waals surface area contributed by atoms with Crippen LogP contribution >= 0.6 is 11.8 Å². The van der Waals surface area contributed by atoms with Crippen LogP contribution in [0.2, 0.25) is 0 Å². The van der Waals surface area contributed by atoms with Gasteiger partial charge < -0.3 is 0 Å². The van der Waals surface area contributed by atoms with Gasteiger partial charge in [0.15, 0.2) is 12.4 Å². The molecule has 0 N–H and O–H groups in total. The van der Waals surface area contributed by atoms with Gasteiger partial charge in [0.05, 0.1) is 0 Å². The molecule has 1 aromatic rings. The van der Waals surface area contributed by atoms with Gasteiger partial charge in [0.2, 0.25) is 6.54 Å². The molecule has 1 rings (SSSR count). The van der Waals surface area contributed by atoms with Gasteiger partial charge in [-0.3, -0.25) is 0 Å². The molecule has 11 heavy (non-hydrogen) atoms. The number of aromatic nitrogens is 1. The van der Waals surface area contributed by atoms with E-state index < -0.39 is 0 Å². The zero-order valence-corrected chi connectivity index (χ0v) is 7.14. The van der Waals surface area contributed by atoms with Gasteiger partial charge in [-0.05, 0) is 6.26 Å². The topological polar surface area (TPSA) is 27.7 Å². The first-order valence-corrected chi connectivity index (χ1v) is 4.49. The van der Waals surface area contributed by atoms with E-state index in [1.807, 2.05) is 35.3 Å². The van der Waals surface area contributed by atoms with Crippen LogP contribution in [0, 0.1) is 11.3 Å². The van der Waals surface area contributed by atoms with Crippen molar-refractivity contribution in [2.75, 3.05) is 6.26 Å². The number of pyridine rings is 1. The molecule has 0 aliphatic heterocycles. The summed E-state index contributed by atoms with van der Waals surface area (Å²) in [7, 11) is 0. The third kappa shape index (κ3) is 2.24. The van der Waals surface area contributed by atoms with E-state index in [9.17, 15) is 0 Å². The molecule has 3 heteroatoms. The molecule has 0 atom stereocenters. The maximum Gasteiger partial charge on any atom is 0.233 e. The van der Waals surface area contributed by atoms with Gasteiger partial charge in [0.25, 0.3) is 0 Å². The van der Waals surface area contributed by atoms with Crippen LogP contribution < -0.4 is 4.57 Å². The van der Waals surface area contributed by atoms with Crippen LogP contribution in [0.3, 0.4) is 0 Å².